The number of piperidine rings is 2. The van der Waals surface area contributed by atoms with Crippen molar-refractivity contribution in [2.24, 2.45) is 0 Å². The maximum atomic E-state index is 9.18. The number of hydrogen-bond donors (Lipinski definition) is 5. The van der Waals surface area contributed by atoms with Crippen LogP contribution in [0.1, 0.15) is 76.8 Å². The van der Waals surface area contributed by atoms with E-state index in [0.29, 0.717) is 50.1 Å². The van der Waals surface area contributed by atoms with E-state index in [2.05, 4.69) is 86.2 Å². The first-order valence-electron chi connectivity index (χ1n) is 21.8. The van der Waals surface area contributed by atoms with E-state index in [-0.39, 0.29) is 24.3 Å². The number of rotatable bonds is 9. The van der Waals surface area contributed by atoms with Crippen LogP contribution in [0.15, 0.2) is 73.8 Å². The van der Waals surface area contributed by atoms with Gasteiger partial charge < -0.3 is 40.2 Å². The Kier molecular flexibility index (Phi) is 14.7. The maximum absolute atomic E-state index is 9.18. The van der Waals surface area contributed by atoms with Gasteiger partial charge in [-0.1, -0.05) is 59.1 Å². The van der Waals surface area contributed by atoms with Crippen molar-refractivity contribution in [1.29, 1.82) is 0 Å². The van der Waals surface area contributed by atoms with Gasteiger partial charge in [-0.05, 0) is 95.5 Å². The molecular formula is C46H53Cl3N14O2. The van der Waals surface area contributed by atoms with Crippen LogP contribution in [0.25, 0.3) is 43.9 Å². The summed E-state index contributed by atoms with van der Waals surface area (Å²) >= 11 is 19.1. The molecule has 2 fully saturated rings. The van der Waals surface area contributed by atoms with Gasteiger partial charge in [-0.15, -0.1) is 0 Å². The number of benzene rings is 2. The third kappa shape index (κ3) is 11.0. The van der Waals surface area contributed by atoms with E-state index in [1.165, 1.54) is 12.7 Å². The highest BCUT2D eigenvalue weighted by atomic mass is 35.5. The number of imidazole rings is 2. The Morgan fingerprint density at radius 1 is 0.677 bits per heavy atom. The van der Waals surface area contributed by atoms with E-state index >= 15 is 0 Å². The number of halogens is 3. The quantitative estimate of drug-likeness (QED) is 0.0859. The molecule has 0 saturated carbocycles. The predicted molar refractivity (Wildman–Crippen MR) is 259 cm³/mol. The lowest BCUT2D eigenvalue weighted by Gasteiger charge is -2.32. The first kappa shape index (κ1) is 46.1. The summed E-state index contributed by atoms with van der Waals surface area (Å²) < 4.78 is 6.40. The van der Waals surface area contributed by atoms with Crippen molar-refractivity contribution in [3.63, 3.8) is 0 Å². The number of aliphatic hydroxyl groups excluding tert-OH is 1. The zero-order valence-corrected chi connectivity index (χ0v) is 39.2. The molecule has 2 aliphatic heterocycles. The molecule has 0 unspecified atom stereocenters. The number of pyridine rings is 2. The van der Waals surface area contributed by atoms with Crippen molar-refractivity contribution in [2.75, 3.05) is 43.9 Å². The van der Waals surface area contributed by atoms with Crippen molar-refractivity contribution in [1.82, 2.24) is 59.6 Å². The number of anilines is 2. The molecule has 0 bridgehead atoms. The van der Waals surface area contributed by atoms with Crippen molar-refractivity contribution in [3.05, 3.63) is 100 Å². The summed E-state index contributed by atoms with van der Waals surface area (Å²) in [7, 11) is 2.14. The lowest BCUT2D eigenvalue weighted by Crippen LogP contribution is -2.39. The number of likely N-dealkylation sites (tertiary alicyclic amines) is 2. The number of hydrogen-bond acceptors (Lipinski definition) is 14. The maximum Gasteiger partial charge on any atom is 0.223 e. The summed E-state index contributed by atoms with van der Waals surface area (Å²) in [5, 5.41) is 21.1. The summed E-state index contributed by atoms with van der Waals surface area (Å²) in [6.45, 7) is 12.6. The van der Waals surface area contributed by atoms with Crippen LogP contribution in [0.4, 0.5) is 11.6 Å². The molecule has 65 heavy (non-hydrogen) atoms. The van der Waals surface area contributed by atoms with Gasteiger partial charge in [0.15, 0.2) is 22.9 Å². The molecule has 6 aromatic heterocycles. The van der Waals surface area contributed by atoms with E-state index in [9.17, 15) is 5.11 Å². The summed E-state index contributed by atoms with van der Waals surface area (Å²) in [4.78, 5) is 45.4. The monoisotopic (exact) mass is 938 g/mol. The molecule has 2 atom stereocenters. The standard InChI is InChI=1S/C22H24ClN7O.C16H12Cl2N6.C8H17NO/c1-13(28-21-19-20(25-11-24-19)26-12-27-21)17-10-14-4-3-5-16(23)18(14)22(29-17)31-15-6-8-30(2)9-7-15;1-8(23-16-13-15(20-6-19-13)21-7-22-16)11-5-9-3-2-4-10(17)12(9)14(18)24-11;1-7(2)9-5-3-8(10)4-6-9/h3-5,10-13,15H,6-9H2,1-2H3,(H2,24,25,26,27,28);2-8H,1H3,(H2,19,20,21,22,23);7-8,10H,3-6H2,1-2H3/t13-;8-;/m00./s1. The Balaban J connectivity index is 0.000000150. The average Bonchev–Trinajstić information content (AvgIpc) is 3.99. The number of H-pyrrole nitrogens is 2. The van der Waals surface area contributed by atoms with Crippen LogP contribution in [0, 0.1) is 0 Å². The Morgan fingerprint density at radius 2 is 1.20 bits per heavy atom. The van der Waals surface area contributed by atoms with Gasteiger partial charge in [0, 0.05) is 37.6 Å². The van der Waals surface area contributed by atoms with Crippen molar-refractivity contribution < 1.29 is 9.84 Å². The Labute approximate surface area is 392 Å². The molecule has 0 spiro atoms. The van der Waals surface area contributed by atoms with Crippen LogP contribution < -0.4 is 15.4 Å². The summed E-state index contributed by atoms with van der Waals surface area (Å²) in [6.07, 6.45) is 10.1. The van der Waals surface area contributed by atoms with Gasteiger partial charge in [0.05, 0.1) is 57.7 Å². The van der Waals surface area contributed by atoms with Crippen LogP contribution in [-0.4, -0.2) is 116 Å². The van der Waals surface area contributed by atoms with Crippen LogP contribution >= 0.6 is 34.8 Å². The van der Waals surface area contributed by atoms with Crippen LogP contribution in [0.3, 0.4) is 0 Å². The second-order valence-electron chi connectivity index (χ2n) is 16.7. The second kappa shape index (κ2) is 20.8. The minimum Gasteiger partial charge on any atom is -0.474 e. The lowest BCUT2D eigenvalue weighted by molar-refractivity contribution is 0.0685. The minimum absolute atomic E-state index is 0.0324. The molecule has 8 aromatic rings. The van der Waals surface area contributed by atoms with E-state index in [0.717, 1.165) is 95.8 Å². The summed E-state index contributed by atoms with van der Waals surface area (Å²) in [6, 6.07) is 15.9. The molecular weight excluding hydrogens is 887 g/mol. The van der Waals surface area contributed by atoms with E-state index < -0.39 is 0 Å². The van der Waals surface area contributed by atoms with Crippen molar-refractivity contribution in [2.45, 2.75) is 83.7 Å². The number of aliphatic hydroxyl groups is 1. The van der Waals surface area contributed by atoms with E-state index in [4.69, 9.17) is 44.5 Å². The van der Waals surface area contributed by atoms with Crippen LogP contribution in [-0.2, 0) is 0 Å². The van der Waals surface area contributed by atoms with Crippen LogP contribution in [0.2, 0.25) is 15.2 Å². The highest BCUT2D eigenvalue weighted by Crippen LogP contribution is 2.36. The largest absolute Gasteiger partial charge is 0.474 e. The molecule has 2 aliphatic rings. The molecule has 2 saturated heterocycles. The summed E-state index contributed by atoms with van der Waals surface area (Å²) in [5.41, 5.74) is 4.38. The normalized spacial score (nSPS) is 16.3. The second-order valence-corrected chi connectivity index (χ2v) is 17.9. The number of fused-ring (bicyclic) bond motifs is 4. The first-order chi connectivity index (χ1) is 31.4. The van der Waals surface area contributed by atoms with Gasteiger partial charge in [-0.2, -0.15) is 0 Å². The fourth-order valence-electron chi connectivity index (χ4n) is 7.99. The molecule has 19 heteroatoms. The Morgan fingerprint density at radius 3 is 1.75 bits per heavy atom. The molecule has 0 radical (unpaired) electrons. The number of aromatic nitrogens is 10. The fraction of sp³-hybridized carbons (Fsp3) is 0.391. The topological polar surface area (TPSA) is 195 Å². The molecule has 10 rings (SSSR count). The zero-order valence-electron chi connectivity index (χ0n) is 36.9. The highest BCUT2D eigenvalue weighted by Gasteiger charge is 2.23. The number of ether oxygens (including phenoxy) is 1. The first-order valence-corrected chi connectivity index (χ1v) is 23.0. The fourth-order valence-corrected chi connectivity index (χ4v) is 8.88. The van der Waals surface area contributed by atoms with Gasteiger partial charge in [0.2, 0.25) is 5.88 Å². The predicted octanol–water partition coefficient (Wildman–Crippen LogP) is 9.43. The molecule has 0 aliphatic carbocycles. The number of nitrogens with zero attached hydrogens (tertiary/aromatic N) is 10. The Bertz CT molecular complexity index is 2860. The lowest BCUT2D eigenvalue weighted by atomic mass is 10.1. The van der Waals surface area contributed by atoms with Crippen molar-refractivity contribution >= 4 is 90.3 Å². The molecule has 0 amide bonds. The van der Waals surface area contributed by atoms with E-state index in [1.807, 2.05) is 56.3 Å². The molecule has 5 N–H and O–H groups in total. The van der Waals surface area contributed by atoms with Gasteiger partial charge in [0.1, 0.15) is 34.9 Å². The molecule has 2 aromatic carbocycles. The number of nitrogens with one attached hydrogen (secondary N) is 4. The van der Waals surface area contributed by atoms with Gasteiger partial charge in [0.25, 0.3) is 0 Å². The third-order valence-electron chi connectivity index (χ3n) is 11.8. The van der Waals surface area contributed by atoms with Crippen molar-refractivity contribution in [3.8, 4) is 5.88 Å². The highest BCUT2D eigenvalue weighted by molar-refractivity contribution is 6.41. The van der Waals surface area contributed by atoms with Gasteiger partial charge in [-0.25, -0.2) is 39.9 Å². The molecule has 8 heterocycles. The zero-order chi connectivity index (χ0) is 45.6. The smallest absolute Gasteiger partial charge is 0.223 e. The minimum atomic E-state index is -0.121. The molecule has 340 valence electrons. The number of aromatic amines is 2. The van der Waals surface area contributed by atoms with E-state index in [1.54, 1.807) is 18.7 Å². The third-order valence-corrected chi connectivity index (χ3v) is 12.7. The van der Waals surface area contributed by atoms with Crippen LogP contribution in [0.5, 0.6) is 5.88 Å². The van der Waals surface area contributed by atoms with Gasteiger partial charge >= 0.3 is 0 Å². The SMILES string of the molecule is CC(C)N1CCC(O)CC1.C[C@H](Nc1ncnc2nc[nH]c12)c1cc2cccc(Cl)c2c(Cl)n1.C[C@H](Nc1ncnc2nc[nH]c12)c1cc2cccc(Cl)c2c(OC2CCN(C)CC2)n1. The summed E-state index contributed by atoms with van der Waals surface area (Å²) in [5.74, 6) is 1.94. The van der Waals surface area contributed by atoms with Gasteiger partial charge in [-0.3, -0.25) is 0 Å². The Hall–Kier alpha value is -5.49. The average molecular weight is 940 g/mol. The molecule has 16 nitrogen and oxygen atoms in total.